The van der Waals surface area contributed by atoms with Crippen LogP contribution in [0.2, 0.25) is 0 Å². The minimum absolute atomic E-state index is 0.0193. The van der Waals surface area contributed by atoms with E-state index in [4.69, 9.17) is 4.98 Å². The molecule has 35 heavy (non-hydrogen) atoms. The monoisotopic (exact) mass is 489 g/mol. The van der Waals surface area contributed by atoms with E-state index >= 15 is 0 Å². The number of nitrogens with zero attached hydrogens (tertiary/aromatic N) is 2. The van der Waals surface area contributed by atoms with Crippen molar-refractivity contribution in [2.24, 2.45) is 0 Å². The van der Waals surface area contributed by atoms with E-state index in [1.807, 2.05) is 60.7 Å². The fraction of sp³-hybridized carbons (Fsp3) is 0.185. The van der Waals surface area contributed by atoms with Crippen LogP contribution >= 0.6 is 0 Å². The molecule has 1 atom stereocenters. The minimum Gasteiger partial charge on any atom is -0.351 e. The Morgan fingerprint density at radius 1 is 1.00 bits per heavy atom. The first-order valence-corrected chi connectivity index (χ1v) is 12.9. The number of fused-ring (bicyclic) bond motifs is 1. The highest BCUT2D eigenvalue weighted by molar-refractivity contribution is 7.89. The van der Waals surface area contributed by atoms with E-state index in [0.29, 0.717) is 12.8 Å². The van der Waals surface area contributed by atoms with Gasteiger partial charge in [0.1, 0.15) is 11.9 Å². The Balaban J connectivity index is 1.29. The number of sulfonamides is 1. The largest absolute Gasteiger partial charge is 0.351 e. The maximum atomic E-state index is 13.2. The Kier molecular flexibility index (Phi) is 6.32. The molecule has 1 N–H and O–H groups in total. The van der Waals surface area contributed by atoms with Gasteiger partial charge in [-0.25, -0.2) is 17.8 Å². The molecule has 1 fully saturated rings. The van der Waals surface area contributed by atoms with Crippen molar-refractivity contribution in [2.45, 2.75) is 30.3 Å². The highest BCUT2D eigenvalue weighted by atomic mass is 32.2. The van der Waals surface area contributed by atoms with Crippen LogP contribution < -0.4 is 5.32 Å². The number of amides is 1. The molecular weight excluding hydrogens is 465 g/mol. The number of aromatic nitrogens is 1. The first-order valence-electron chi connectivity index (χ1n) is 11.4. The number of pyridine rings is 1. The lowest BCUT2D eigenvalue weighted by molar-refractivity contribution is -0.124. The SMILES string of the molecule is O=C(NCc1cccc(-c2ccc3ccccc3n2)c1)[C@@H]1CCCN1S(=O)(=O)c1ccc(F)cc1. The third kappa shape index (κ3) is 4.80. The average Bonchev–Trinajstić information content (AvgIpc) is 3.39. The Labute approximate surface area is 203 Å². The number of hydrogen-bond acceptors (Lipinski definition) is 4. The molecule has 178 valence electrons. The third-order valence-corrected chi connectivity index (χ3v) is 8.14. The zero-order valence-corrected chi connectivity index (χ0v) is 19.7. The number of rotatable bonds is 6. The van der Waals surface area contributed by atoms with E-state index in [0.717, 1.165) is 39.9 Å². The van der Waals surface area contributed by atoms with E-state index < -0.39 is 21.9 Å². The number of halogens is 1. The first kappa shape index (κ1) is 23.1. The van der Waals surface area contributed by atoms with Crippen LogP contribution in [0.1, 0.15) is 18.4 Å². The molecule has 0 bridgehead atoms. The van der Waals surface area contributed by atoms with Crippen LogP contribution in [0.4, 0.5) is 4.39 Å². The van der Waals surface area contributed by atoms with Crippen molar-refractivity contribution in [3.63, 3.8) is 0 Å². The third-order valence-electron chi connectivity index (χ3n) is 6.21. The molecule has 6 nitrogen and oxygen atoms in total. The van der Waals surface area contributed by atoms with Crippen LogP contribution in [-0.2, 0) is 21.4 Å². The zero-order chi connectivity index (χ0) is 24.4. The van der Waals surface area contributed by atoms with Gasteiger partial charge in [0.05, 0.1) is 16.1 Å². The van der Waals surface area contributed by atoms with Gasteiger partial charge in [-0.2, -0.15) is 4.31 Å². The summed E-state index contributed by atoms with van der Waals surface area (Å²) in [5.41, 5.74) is 3.57. The van der Waals surface area contributed by atoms with Crippen molar-refractivity contribution in [1.82, 2.24) is 14.6 Å². The lowest BCUT2D eigenvalue weighted by Gasteiger charge is -2.23. The first-order chi connectivity index (χ1) is 16.9. The zero-order valence-electron chi connectivity index (χ0n) is 18.9. The molecule has 1 amide bonds. The molecule has 5 rings (SSSR count). The summed E-state index contributed by atoms with van der Waals surface area (Å²) in [6.07, 6.45) is 1.02. The van der Waals surface area contributed by atoms with Crippen molar-refractivity contribution < 1.29 is 17.6 Å². The van der Waals surface area contributed by atoms with Gasteiger partial charge >= 0.3 is 0 Å². The lowest BCUT2D eigenvalue weighted by Crippen LogP contribution is -2.45. The molecule has 0 spiro atoms. The molecule has 3 aromatic carbocycles. The van der Waals surface area contributed by atoms with Gasteiger partial charge in [-0.1, -0.05) is 42.5 Å². The van der Waals surface area contributed by atoms with Crippen LogP contribution in [0.3, 0.4) is 0 Å². The Morgan fingerprint density at radius 3 is 2.63 bits per heavy atom. The average molecular weight is 490 g/mol. The number of nitrogens with one attached hydrogen (secondary N) is 1. The summed E-state index contributed by atoms with van der Waals surface area (Å²) in [6.45, 7) is 0.516. The summed E-state index contributed by atoms with van der Waals surface area (Å²) in [6, 6.07) is 23.5. The normalized spacial score (nSPS) is 16.4. The quantitative estimate of drug-likeness (QED) is 0.432. The van der Waals surface area contributed by atoms with E-state index in [1.54, 1.807) is 0 Å². The van der Waals surface area contributed by atoms with Crippen molar-refractivity contribution >= 4 is 26.8 Å². The van der Waals surface area contributed by atoms with Crippen molar-refractivity contribution in [3.05, 3.63) is 96.3 Å². The summed E-state index contributed by atoms with van der Waals surface area (Å²) in [5.74, 6) is -0.858. The van der Waals surface area contributed by atoms with Crippen LogP contribution in [0.5, 0.6) is 0 Å². The second-order valence-electron chi connectivity index (χ2n) is 8.54. The maximum absolute atomic E-state index is 13.2. The Bertz CT molecular complexity index is 1490. The van der Waals surface area contributed by atoms with Crippen LogP contribution in [0, 0.1) is 5.82 Å². The molecule has 1 aliphatic rings. The summed E-state index contributed by atoms with van der Waals surface area (Å²) >= 11 is 0. The number of carbonyl (C=O) groups excluding carboxylic acids is 1. The number of benzene rings is 3. The predicted molar refractivity (Wildman–Crippen MR) is 132 cm³/mol. The summed E-state index contributed by atoms with van der Waals surface area (Å²) in [5, 5.41) is 3.95. The standard InChI is InChI=1S/C27H24FN3O3S/c28-22-11-13-23(14-12-22)35(33,34)31-16-4-9-26(31)27(32)29-18-19-5-3-7-21(17-19)25-15-10-20-6-1-2-8-24(20)30-25/h1-3,5-8,10-15,17,26H,4,9,16,18H2,(H,29,32)/t26-/m0/s1. The minimum atomic E-state index is -3.90. The van der Waals surface area contributed by atoms with E-state index in [-0.39, 0.29) is 23.9 Å². The second kappa shape index (κ2) is 9.56. The number of hydrogen-bond donors (Lipinski definition) is 1. The molecule has 1 aromatic heterocycles. The highest BCUT2D eigenvalue weighted by Gasteiger charge is 2.39. The molecule has 1 aliphatic heterocycles. The topological polar surface area (TPSA) is 79.4 Å². The number of carbonyl (C=O) groups is 1. The Hall–Kier alpha value is -3.62. The van der Waals surface area contributed by atoms with Crippen LogP contribution in [-0.4, -0.2) is 36.2 Å². The lowest BCUT2D eigenvalue weighted by atomic mass is 10.1. The molecule has 2 heterocycles. The van der Waals surface area contributed by atoms with Gasteiger partial charge in [-0.3, -0.25) is 4.79 Å². The number of para-hydroxylation sites is 1. The molecule has 0 saturated carbocycles. The molecule has 1 saturated heterocycles. The molecule has 0 unspecified atom stereocenters. The van der Waals surface area contributed by atoms with Crippen molar-refractivity contribution in [3.8, 4) is 11.3 Å². The molecule has 0 radical (unpaired) electrons. The summed E-state index contributed by atoms with van der Waals surface area (Å²) < 4.78 is 40.6. The van der Waals surface area contributed by atoms with Crippen molar-refractivity contribution in [1.29, 1.82) is 0 Å². The molecule has 4 aromatic rings. The molecule has 8 heteroatoms. The maximum Gasteiger partial charge on any atom is 0.243 e. The van der Waals surface area contributed by atoms with Crippen LogP contribution in [0.15, 0.2) is 89.8 Å². The van der Waals surface area contributed by atoms with Gasteiger partial charge in [0.2, 0.25) is 15.9 Å². The van der Waals surface area contributed by atoms with Crippen molar-refractivity contribution in [2.75, 3.05) is 6.54 Å². The van der Waals surface area contributed by atoms with Gasteiger partial charge in [0, 0.05) is 24.0 Å². The molecule has 0 aliphatic carbocycles. The predicted octanol–water partition coefficient (Wildman–Crippen LogP) is 4.51. The van der Waals surface area contributed by atoms with E-state index in [9.17, 15) is 17.6 Å². The summed E-state index contributed by atoms with van der Waals surface area (Å²) in [7, 11) is -3.90. The van der Waals surface area contributed by atoms with Gasteiger partial charge in [-0.05, 0) is 60.9 Å². The van der Waals surface area contributed by atoms with Gasteiger partial charge in [-0.15, -0.1) is 0 Å². The smallest absolute Gasteiger partial charge is 0.243 e. The van der Waals surface area contributed by atoms with Gasteiger partial charge in [0.15, 0.2) is 0 Å². The van der Waals surface area contributed by atoms with Gasteiger partial charge in [0.25, 0.3) is 0 Å². The van der Waals surface area contributed by atoms with E-state index in [2.05, 4.69) is 5.32 Å². The Morgan fingerprint density at radius 2 is 1.80 bits per heavy atom. The van der Waals surface area contributed by atoms with Crippen LogP contribution in [0.25, 0.3) is 22.2 Å². The molecular formula is C27H24FN3O3S. The highest BCUT2D eigenvalue weighted by Crippen LogP contribution is 2.27. The fourth-order valence-electron chi connectivity index (χ4n) is 4.41. The summed E-state index contributed by atoms with van der Waals surface area (Å²) in [4.78, 5) is 17.7. The fourth-order valence-corrected chi connectivity index (χ4v) is 6.06. The second-order valence-corrected chi connectivity index (χ2v) is 10.4. The van der Waals surface area contributed by atoms with Gasteiger partial charge < -0.3 is 5.32 Å². The van der Waals surface area contributed by atoms with E-state index in [1.165, 1.54) is 16.4 Å².